The Balaban J connectivity index is 1.90. The number of amides is 1. The van der Waals surface area contributed by atoms with Crippen LogP contribution in [0.1, 0.15) is 29.3 Å². The van der Waals surface area contributed by atoms with Crippen molar-refractivity contribution < 1.29 is 19.1 Å². The van der Waals surface area contributed by atoms with Crippen molar-refractivity contribution in [2.75, 3.05) is 11.9 Å². The van der Waals surface area contributed by atoms with Crippen LogP contribution in [-0.4, -0.2) is 24.3 Å². The molecule has 0 radical (unpaired) electrons. The molecule has 2 aromatic rings. The largest absolute Gasteiger partial charge is 0.454 e. The Morgan fingerprint density at radius 3 is 2.26 bits per heavy atom. The van der Waals surface area contributed by atoms with Crippen molar-refractivity contribution in [3.8, 4) is 0 Å². The average molecular weight is 406 g/mol. The van der Waals surface area contributed by atoms with Crippen molar-refractivity contribution in [1.82, 2.24) is 0 Å². The molecule has 2 aromatic carbocycles. The first-order valence-corrected chi connectivity index (χ1v) is 8.88. The van der Waals surface area contributed by atoms with Gasteiger partial charge in [-0.15, -0.1) is 0 Å². The van der Waals surface area contributed by atoms with Crippen molar-refractivity contribution in [3.63, 3.8) is 0 Å². The van der Waals surface area contributed by atoms with Gasteiger partial charge in [-0.1, -0.05) is 36.2 Å². The normalized spacial score (nSPS) is 10.6. The van der Waals surface area contributed by atoms with Crippen LogP contribution in [0.4, 0.5) is 5.69 Å². The summed E-state index contributed by atoms with van der Waals surface area (Å²) < 4.78 is 4.94. The van der Waals surface area contributed by atoms with Crippen LogP contribution in [0, 0.1) is 0 Å². The average Bonchev–Trinajstić information content (AvgIpc) is 2.66. The van der Waals surface area contributed by atoms with Gasteiger partial charge in [0.1, 0.15) is 0 Å². The Morgan fingerprint density at radius 1 is 1.04 bits per heavy atom. The number of rotatable bonds is 7. The fourth-order valence-corrected chi connectivity index (χ4v) is 2.60. The summed E-state index contributed by atoms with van der Waals surface area (Å²) in [5.41, 5.74) is 1.46. The summed E-state index contributed by atoms with van der Waals surface area (Å²) in [5.74, 6) is -1.17. The summed E-state index contributed by atoms with van der Waals surface area (Å²) in [4.78, 5) is 35.2. The molecule has 0 aromatic heterocycles. The second-order valence-corrected chi connectivity index (χ2v) is 6.29. The predicted molar refractivity (Wildman–Crippen MR) is 106 cm³/mol. The number of hydrogen-bond acceptors (Lipinski definition) is 4. The highest BCUT2D eigenvalue weighted by atomic mass is 35.5. The molecule has 0 aliphatic rings. The van der Waals surface area contributed by atoms with Crippen molar-refractivity contribution in [3.05, 3.63) is 69.7 Å². The summed E-state index contributed by atoms with van der Waals surface area (Å²) in [6.07, 6.45) is 2.95. The van der Waals surface area contributed by atoms with Crippen LogP contribution < -0.4 is 5.32 Å². The van der Waals surface area contributed by atoms with Crippen LogP contribution in [-0.2, 0) is 14.3 Å². The molecule has 1 amide bonds. The summed E-state index contributed by atoms with van der Waals surface area (Å²) in [5, 5.41) is 3.48. The van der Waals surface area contributed by atoms with E-state index in [9.17, 15) is 14.4 Å². The number of Topliss-reactive ketones (excluding diaryl/α,β-unsaturated/α-hetero) is 1. The molecule has 0 saturated carbocycles. The molecule has 2 rings (SSSR count). The van der Waals surface area contributed by atoms with Gasteiger partial charge in [-0.2, -0.15) is 0 Å². The minimum absolute atomic E-state index is 0.117. The molecule has 0 saturated heterocycles. The van der Waals surface area contributed by atoms with Gasteiger partial charge < -0.3 is 10.1 Å². The number of halogens is 2. The number of carbonyl (C=O) groups is 3. The summed E-state index contributed by atoms with van der Waals surface area (Å²) in [6, 6.07) is 11.3. The van der Waals surface area contributed by atoms with Crippen molar-refractivity contribution in [2.45, 2.75) is 13.3 Å². The van der Waals surface area contributed by atoms with Gasteiger partial charge in [0.25, 0.3) is 0 Å². The van der Waals surface area contributed by atoms with Gasteiger partial charge in [0.15, 0.2) is 12.4 Å². The van der Waals surface area contributed by atoms with Crippen LogP contribution in [0.5, 0.6) is 0 Å². The molecule has 7 heteroatoms. The van der Waals surface area contributed by atoms with E-state index in [-0.39, 0.29) is 11.7 Å². The van der Waals surface area contributed by atoms with Crippen LogP contribution in [0.2, 0.25) is 10.0 Å². The fraction of sp³-hybridized carbons (Fsp3) is 0.150. The van der Waals surface area contributed by atoms with Gasteiger partial charge in [-0.3, -0.25) is 9.59 Å². The SMILES string of the molecule is CCC(=O)Nc1ccc(C(=O)COC(=O)/C=C/c2c(Cl)cccc2Cl)cc1. The number of esters is 1. The van der Waals surface area contributed by atoms with E-state index in [0.29, 0.717) is 33.3 Å². The Bertz CT molecular complexity index is 856. The maximum Gasteiger partial charge on any atom is 0.331 e. The van der Waals surface area contributed by atoms with Gasteiger partial charge in [0.05, 0.1) is 0 Å². The third kappa shape index (κ3) is 6.24. The molecular weight excluding hydrogens is 389 g/mol. The van der Waals surface area contributed by atoms with Crippen LogP contribution in [0.15, 0.2) is 48.5 Å². The molecule has 0 fully saturated rings. The van der Waals surface area contributed by atoms with Crippen molar-refractivity contribution >= 4 is 52.6 Å². The first kappa shape index (κ1) is 20.7. The Labute approximate surface area is 166 Å². The van der Waals surface area contributed by atoms with E-state index in [1.807, 2.05) is 0 Å². The molecule has 5 nitrogen and oxygen atoms in total. The van der Waals surface area contributed by atoms with Crippen LogP contribution >= 0.6 is 23.2 Å². The smallest absolute Gasteiger partial charge is 0.331 e. The Hall–Kier alpha value is -2.63. The van der Waals surface area contributed by atoms with Gasteiger partial charge >= 0.3 is 5.97 Å². The summed E-state index contributed by atoms with van der Waals surface area (Å²) in [7, 11) is 0. The fourth-order valence-electron chi connectivity index (χ4n) is 2.08. The predicted octanol–water partition coefficient (Wildman–Crippen LogP) is 4.78. The third-order valence-electron chi connectivity index (χ3n) is 3.54. The maximum atomic E-state index is 12.1. The molecule has 0 aliphatic heterocycles. The zero-order valence-corrected chi connectivity index (χ0v) is 16.0. The molecule has 0 spiro atoms. The standard InChI is InChI=1S/C20H17Cl2NO4/c1-2-19(25)23-14-8-6-13(7-9-14)18(24)12-27-20(26)11-10-15-16(21)4-3-5-17(15)22/h3-11H,2,12H2,1H3,(H,23,25)/b11-10+. The molecular formula is C20H17Cl2NO4. The number of anilines is 1. The summed E-state index contributed by atoms with van der Waals surface area (Å²) >= 11 is 12.0. The second-order valence-electron chi connectivity index (χ2n) is 5.48. The van der Waals surface area contributed by atoms with Crippen LogP contribution in [0.3, 0.4) is 0 Å². The topological polar surface area (TPSA) is 72.5 Å². The van der Waals surface area contributed by atoms with E-state index in [2.05, 4.69) is 5.32 Å². The van der Waals surface area contributed by atoms with E-state index in [0.717, 1.165) is 6.08 Å². The zero-order chi connectivity index (χ0) is 19.8. The maximum absolute atomic E-state index is 12.1. The molecule has 0 unspecified atom stereocenters. The second kappa shape index (κ2) is 9.90. The molecule has 140 valence electrons. The van der Waals surface area contributed by atoms with Gasteiger partial charge in [-0.25, -0.2) is 4.79 Å². The first-order chi connectivity index (χ1) is 12.9. The summed E-state index contributed by atoms with van der Waals surface area (Å²) in [6.45, 7) is 1.34. The number of ether oxygens (including phenoxy) is 1. The van der Waals surface area contributed by atoms with E-state index in [4.69, 9.17) is 27.9 Å². The number of carbonyl (C=O) groups excluding carboxylic acids is 3. The Morgan fingerprint density at radius 2 is 1.67 bits per heavy atom. The number of ketones is 1. The highest BCUT2D eigenvalue weighted by Crippen LogP contribution is 2.25. The quantitative estimate of drug-likeness (QED) is 0.408. The van der Waals surface area contributed by atoms with E-state index in [1.54, 1.807) is 49.4 Å². The molecule has 0 bridgehead atoms. The van der Waals surface area contributed by atoms with E-state index < -0.39 is 12.6 Å². The molecule has 0 atom stereocenters. The van der Waals surface area contributed by atoms with Gasteiger partial charge in [-0.05, 0) is 42.5 Å². The lowest BCUT2D eigenvalue weighted by Crippen LogP contribution is -2.13. The zero-order valence-electron chi connectivity index (χ0n) is 14.5. The molecule has 0 aliphatic carbocycles. The van der Waals surface area contributed by atoms with Gasteiger partial charge in [0.2, 0.25) is 5.91 Å². The molecule has 27 heavy (non-hydrogen) atoms. The highest BCUT2D eigenvalue weighted by Gasteiger charge is 2.09. The molecule has 1 N–H and O–H groups in total. The third-order valence-corrected chi connectivity index (χ3v) is 4.20. The minimum Gasteiger partial charge on any atom is -0.454 e. The van der Waals surface area contributed by atoms with Gasteiger partial charge in [0, 0.05) is 39.4 Å². The number of hydrogen-bond donors (Lipinski definition) is 1. The minimum atomic E-state index is -0.689. The van der Waals surface area contributed by atoms with Crippen molar-refractivity contribution in [1.29, 1.82) is 0 Å². The lowest BCUT2D eigenvalue weighted by molar-refractivity contribution is -0.136. The number of benzene rings is 2. The molecule has 0 heterocycles. The van der Waals surface area contributed by atoms with E-state index in [1.165, 1.54) is 6.08 Å². The lowest BCUT2D eigenvalue weighted by Gasteiger charge is -2.05. The van der Waals surface area contributed by atoms with Crippen LogP contribution in [0.25, 0.3) is 6.08 Å². The lowest BCUT2D eigenvalue weighted by atomic mass is 10.1. The highest BCUT2D eigenvalue weighted by molar-refractivity contribution is 6.37. The first-order valence-electron chi connectivity index (χ1n) is 8.12. The van der Waals surface area contributed by atoms with Crippen molar-refractivity contribution in [2.24, 2.45) is 0 Å². The monoisotopic (exact) mass is 405 g/mol. The Kier molecular flexibility index (Phi) is 7.58. The van der Waals surface area contributed by atoms with E-state index >= 15 is 0 Å². The number of nitrogens with one attached hydrogen (secondary N) is 1.